The molecule has 0 spiro atoms. The molecule has 0 N–H and O–H groups in total. The lowest BCUT2D eigenvalue weighted by molar-refractivity contribution is -0.117. The van der Waals surface area contributed by atoms with Crippen LogP contribution in [0.1, 0.15) is 52.5 Å². The predicted octanol–water partition coefficient (Wildman–Crippen LogP) is 5.40. The fourth-order valence-corrected chi connectivity index (χ4v) is 7.55. The highest BCUT2D eigenvalue weighted by Gasteiger charge is 2.38. The van der Waals surface area contributed by atoms with E-state index in [4.69, 9.17) is 11.6 Å². The van der Waals surface area contributed by atoms with Gasteiger partial charge in [0.15, 0.2) is 0 Å². The van der Waals surface area contributed by atoms with Crippen molar-refractivity contribution in [1.82, 2.24) is 0 Å². The minimum absolute atomic E-state index is 0.00981. The number of nitrogens with zero attached hydrogens (tertiary/aromatic N) is 2. The summed E-state index contributed by atoms with van der Waals surface area (Å²) in [6.07, 6.45) is 1.59. The lowest BCUT2D eigenvalue weighted by Crippen LogP contribution is -2.42. The van der Waals surface area contributed by atoms with Gasteiger partial charge in [0.1, 0.15) is 0 Å². The highest BCUT2D eigenvalue weighted by Crippen LogP contribution is 2.39. The normalized spacial score (nSPS) is 16.1. The fourth-order valence-electron chi connectivity index (χ4n) is 4.60. The van der Waals surface area contributed by atoms with Crippen molar-refractivity contribution in [2.75, 3.05) is 15.7 Å². The summed E-state index contributed by atoms with van der Waals surface area (Å²) in [5, 5.41) is 2.06. The number of hydrogen-bond acceptors (Lipinski definition) is 5. The fraction of sp³-hybridized carbons (Fsp3) is 0.280. The molecule has 1 aromatic heterocycles. The van der Waals surface area contributed by atoms with Crippen molar-refractivity contribution in [3.8, 4) is 0 Å². The number of imide groups is 1. The van der Waals surface area contributed by atoms with Crippen LogP contribution >= 0.6 is 22.9 Å². The Morgan fingerprint density at radius 1 is 1.06 bits per heavy atom. The van der Waals surface area contributed by atoms with E-state index in [1.165, 1.54) is 33.8 Å². The van der Waals surface area contributed by atoms with E-state index in [0.29, 0.717) is 24.2 Å². The van der Waals surface area contributed by atoms with E-state index in [2.05, 4.69) is 0 Å². The summed E-state index contributed by atoms with van der Waals surface area (Å²) in [6, 6.07) is 11.6. The van der Waals surface area contributed by atoms with Crippen LogP contribution in [0.3, 0.4) is 0 Å². The number of rotatable bonds is 4. The first kappa shape index (κ1) is 23.1. The van der Waals surface area contributed by atoms with Crippen molar-refractivity contribution in [1.29, 1.82) is 0 Å². The Kier molecular flexibility index (Phi) is 5.78. The number of thiophene rings is 1. The van der Waals surface area contributed by atoms with Crippen molar-refractivity contribution >= 4 is 56.2 Å². The molecule has 0 unspecified atom stereocenters. The lowest BCUT2D eigenvalue weighted by Gasteiger charge is -2.31. The Hall–Kier alpha value is -2.68. The number of hydrogen-bond donors (Lipinski definition) is 0. The van der Waals surface area contributed by atoms with Gasteiger partial charge in [-0.2, -0.15) is 0 Å². The van der Waals surface area contributed by atoms with Crippen LogP contribution in [0.2, 0.25) is 5.02 Å². The molecule has 176 valence electrons. The summed E-state index contributed by atoms with van der Waals surface area (Å²) in [7, 11) is -3.93. The van der Waals surface area contributed by atoms with E-state index >= 15 is 0 Å². The van der Waals surface area contributed by atoms with Gasteiger partial charge in [-0.05, 0) is 59.5 Å². The number of amides is 2. The summed E-state index contributed by atoms with van der Waals surface area (Å²) in [4.78, 5) is 28.3. The molecule has 0 saturated heterocycles. The number of fused-ring (bicyclic) bond motifs is 2. The van der Waals surface area contributed by atoms with E-state index in [0.717, 1.165) is 27.3 Å². The molecule has 9 heteroatoms. The number of aryl methyl sites for hydroxylation is 1. The first-order valence-electron chi connectivity index (χ1n) is 11.1. The van der Waals surface area contributed by atoms with E-state index in [1.807, 2.05) is 37.4 Å². The first-order chi connectivity index (χ1) is 16.2. The zero-order valence-electron chi connectivity index (χ0n) is 18.7. The Bertz CT molecular complexity index is 1430. The zero-order valence-corrected chi connectivity index (χ0v) is 21.1. The van der Waals surface area contributed by atoms with E-state index in [1.54, 1.807) is 6.07 Å². The molecule has 2 aliphatic heterocycles. The van der Waals surface area contributed by atoms with Crippen molar-refractivity contribution in [3.05, 3.63) is 74.4 Å². The largest absolute Gasteiger partial charge is 0.274 e. The SMILES string of the molecule is CC(C)c1csc2c1C(=O)N(c1cc(S(=O)(=O)N3CCCc4ccccc43)ccc1Cl)C(=O)C2. The van der Waals surface area contributed by atoms with E-state index < -0.39 is 21.8 Å². The quantitative estimate of drug-likeness (QED) is 0.437. The summed E-state index contributed by atoms with van der Waals surface area (Å²) in [6.45, 7) is 4.34. The molecule has 6 nitrogen and oxygen atoms in total. The maximum Gasteiger partial charge on any atom is 0.266 e. The van der Waals surface area contributed by atoms with Crippen molar-refractivity contribution < 1.29 is 18.0 Å². The minimum atomic E-state index is -3.93. The summed E-state index contributed by atoms with van der Waals surface area (Å²) < 4.78 is 28.7. The molecular formula is C25H23ClN2O4S2. The third-order valence-electron chi connectivity index (χ3n) is 6.31. The monoisotopic (exact) mass is 514 g/mol. The summed E-state index contributed by atoms with van der Waals surface area (Å²) in [5.41, 5.74) is 3.12. The molecule has 2 amide bonds. The molecule has 3 aromatic rings. The molecular weight excluding hydrogens is 492 g/mol. The average Bonchev–Trinajstić information content (AvgIpc) is 3.24. The Balaban J connectivity index is 1.58. The van der Waals surface area contributed by atoms with Gasteiger partial charge >= 0.3 is 0 Å². The topological polar surface area (TPSA) is 74.8 Å². The molecule has 34 heavy (non-hydrogen) atoms. The summed E-state index contributed by atoms with van der Waals surface area (Å²) in [5.74, 6) is -0.772. The molecule has 0 aliphatic carbocycles. The second kappa shape index (κ2) is 8.52. The average molecular weight is 515 g/mol. The highest BCUT2D eigenvalue weighted by atomic mass is 35.5. The van der Waals surface area contributed by atoms with Gasteiger partial charge in [0.25, 0.3) is 15.9 Å². The lowest BCUT2D eigenvalue weighted by atomic mass is 9.96. The molecule has 0 bridgehead atoms. The Labute approximate surface area is 207 Å². The molecule has 3 heterocycles. The van der Waals surface area contributed by atoms with Crippen LogP contribution in [0.25, 0.3) is 0 Å². The van der Waals surface area contributed by atoms with Gasteiger partial charge in [-0.1, -0.05) is 43.6 Å². The Morgan fingerprint density at radius 3 is 2.59 bits per heavy atom. The van der Waals surface area contributed by atoms with Crippen molar-refractivity contribution in [3.63, 3.8) is 0 Å². The molecule has 0 saturated carbocycles. The standard InChI is InChI=1S/C25H23ClN2O4S2/c1-15(2)18-14-33-22-13-23(29)28(25(30)24(18)22)21-12-17(9-10-19(21)26)34(31,32)27-11-5-7-16-6-3-4-8-20(16)27/h3-4,6,8-10,12,14-15H,5,7,11,13H2,1-2H3. The van der Waals surface area contributed by atoms with Gasteiger partial charge in [0.05, 0.1) is 33.3 Å². The highest BCUT2D eigenvalue weighted by molar-refractivity contribution is 7.92. The third-order valence-corrected chi connectivity index (χ3v) is 9.44. The maximum atomic E-state index is 13.7. The van der Waals surface area contributed by atoms with Crippen LogP contribution in [0.4, 0.5) is 11.4 Å². The van der Waals surface area contributed by atoms with Crippen molar-refractivity contribution in [2.24, 2.45) is 0 Å². The predicted molar refractivity (Wildman–Crippen MR) is 135 cm³/mol. The number of anilines is 2. The van der Waals surface area contributed by atoms with Gasteiger partial charge in [-0.25, -0.2) is 13.3 Å². The van der Waals surface area contributed by atoms with Crippen LogP contribution in [0, 0.1) is 0 Å². The number of carbonyl (C=O) groups is 2. The number of para-hydroxylation sites is 1. The molecule has 0 atom stereocenters. The third kappa shape index (κ3) is 3.65. The zero-order chi connectivity index (χ0) is 24.2. The van der Waals surface area contributed by atoms with Gasteiger partial charge in [0, 0.05) is 11.4 Å². The smallest absolute Gasteiger partial charge is 0.266 e. The number of carbonyl (C=O) groups excluding carboxylic acids is 2. The second-order valence-electron chi connectivity index (χ2n) is 8.78. The Morgan fingerprint density at radius 2 is 1.82 bits per heavy atom. The minimum Gasteiger partial charge on any atom is -0.274 e. The van der Waals surface area contributed by atoms with Crippen molar-refractivity contribution in [2.45, 2.75) is 43.9 Å². The van der Waals surface area contributed by atoms with Crippen LogP contribution in [-0.2, 0) is 27.7 Å². The number of sulfonamides is 1. The van der Waals surface area contributed by atoms with Crippen LogP contribution in [0.5, 0.6) is 0 Å². The number of benzene rings is 2. The first-order valence-corrected chi connectivity index (χ1v) is 13.8. The summed E-state index contributed by atoms with van der Waals surface area (Å²) >= 11 is 7.83. The van der Waals surface area contributed by atoms with Gasteiger partial charge in [-0.3, -0.25) is 13.9 Å². The van der Waals surface area contributed by atoms with Gasteiger partial charge < -0.3 is 0 Å². The van der Waals surface area contributed by atoms with E-state index in [-0.39, 0.29) is 27.9 Å². The molecule has 2 aromatic carbocycles. The van der Waals surface area contributed by atoms with Gasteiger partial charge in [0.2, 0.25) is 5.91 Å². The number of halogens is 1. The molecule has 5 rings (SSSR count). The second-order valence-corrected chi connectivity index (χ2v) is 12.0. The van der Waals surface area contributed by atoms with Crippen LogP contribution in [-0.4, -0.2) is 26.8 Å². The van der Waals surface area contributed by atoms with E-state index in [9.17, 15) is 18.0 Å². The molecule has 0 fully saturated rings. The van der Waals surface area contributed by atoms with Crippen LogP contribution < -0.4 is 9.21 Å². The van der Waals surface area contributed by atoms with Gasteiger partial charge in [-0.15, -0.1) is 11.3 Å². The molecule has 2 aliphatic rings. The maximum absolute atomic E-state index is 13.7. The molecule has 0 radical (unpaired) electrons. The van der Waals surface area contributed by atoms with Crippen LogP contribution in [0.15, 0.2) is 52.7 Å².